The number of nitrogens with zero attached hydrogens (tertiary/aromatic N) is 2. The number of allylic oxidation sites excluding steroid dienone is 2. The fourth-order valence-corrected chi connectivity index (χ4v) is 4.73. The molecule has 2 bridgehead atoms. The van der Waals surface area contributed by atoms with E-state index in [1.165, 1.54) is 41.3 Å². The van der Waals surface area contributed by atoms with Crippen molar-refractivity contribution >= 4 is 29.2 Å². The summed E-state index contributed by atoms with van der Waals surface area (Å²) in [4.78, 5) is 49.8. The molecule has 3 aliphatic rings. The summed E-state index contributed by atoms with van der Waals surface area (Å²) in [5.74, 6) is -1.39. The summed E-state index contributed by atoms with van der Waals surface area (Å²) in [6, 6.07) is 11.3. The Morgan fingerprint density at radius 3 is 2.23 bits per heavy atom. The maximum Gasteiger partial charge on any atom is 0.343 e. The van der Waals surface area contributed by atoms with E-state index in [2.05, 4.69) is 0 Å². The third-order valence-electron chi connectivity index (χ3n) is 6.07. The highest BCUT2D eigenvalue weighted by molar-refractivity contribution is 6.23. The number of non-ortho nitro benzene ring substituents is 1. The summed E-state index contributed by atoms with van der Waals surface area (Å²) in [6.07, 6.45) is 4.90. The number of nitro groups is 1. The lowest BCUT2D eigenvalue weighted by Crippen LogP contribution is -2.33. The molecule has 8 nitrogen and oxygen atoms in total. The molecule has 1 heterocycles. The second-order valence-electron chi connectivity index (χ2n) is 7.70. The highest BCUT2D eigenvalue weighted by atomic mass is 16.6. The van der Waals surface area contributed by atoms with Crippen LogP contribution in [-0.2, 0) is 9.59 Å². The van der Waals surface area contributed by atoms with Crippen LogP contribution >= 0.6 is 0 Å². The van der Waals surface area contributed by atoms with Crippen LogP contribution in [0.2, 0.25) is 0 Å². The number of benzene rings is 2. The van der Waals surface area contributed by atoms with E-state index in [9.17, 15) is 24.5 Å². The molecule has 1 saturated carbocycles. The molecule has 0 unspecified atom stereocenters. The minimum Gasteiger partial charge on any atom is -0.423 e. The van der Waals surface area contributed by atoms with Gasteiger partial charge in [-0.05, 0) is 48.6 Å². The van der Waals surface area contributed by atoms with Crippen molar-refractivity contribution in [3.63, 3.8) is 0 Å². The van der Waals surface area contributed by atoms with E-state index in [1.54, 1.807) is 12.1 Å². The normalized spacial score (nSPS) is 26.2. The topological polar surface area (TPSA) is 107 Å². The van der Waals surface area contributed by atoms with Crippen LogP contribution in [0.4, 0.5) is 11.4 Å². The Balaban J connectivity index is 1.37. The fraction of sp³-hybridized carbons (Fsp3) is 0.227. The first-order chi connectivity index (χ1) is 14.4. The Morgan fingerprint density at radius 1 is 1.00 bits per heavy atom. The van der Waals surface area contributed by atoms with Crippen molar-refractivity contribution in [2.24, 2.45) is 23.7 Å². The summed E-state index contributed by atoms with van der Waals surface area (Å²) in [7, 11) is 0. The molecule has 1 aliphatic heterocycles. The molecule has 2 fully saturated rings. The molecule has 0 spiro atoms. The highest BCUT2D eigenvalue weighted by Gasteiger charge is 2.59. The zero-order valence-corrected chi connectivity index (χ0v) is 15.6. The molecule has 2 amide bonds. The third kappa shape index (κ3) is 2.72. The van der Waals surface area contributed by atoms with Gasteiger partial charge in [-0.25, -0.2) is 9.69 Å². The lowest BCUT2D eigenvalue weighted by atomic mass is 9.85. The molecule has 2 aromatic rings. The maximum atomic E-state index is 12.9. The van der Waals surface area contributed by atoms with Crippen molar-refractivity contribution < 1.29 is 24.0 Å². The SMILES string of the molecule is O=C(Oc1ccc([N+](=O)[O-])cc1)c1cccc(N2C(=O)[C@@H]3[C@H](C2=O)[C@H]2C=C[C@H]3C2)c1. The van der Waals surface area contributed by atoms with Crippen LogP contribution in [0.1, 0.15) is 16.8 Å². The average Bonchev–Trinajstić information content (AvgIpc) is 3.42. The molecule has 0 radical (unpaired) electrons. The van der Waals surface area contributed by atoms with E-state index in [0.29, 0.717) is 5.69 Å². The van der Waals surface area contributed by atoms with Crippen LogP contribution in [0.15, 0.2) is 60.7 Å². The van der Waals surface area contributed by atoms with E-state index in [1.807, 2.05) is 12.2 Å². The van der Waals surface area contributed by atoms with Gasteiger partial charge in [0.2, 0.25) is 11.8 Å². The average molecular weight is 404 g/mol. The summed E-state index contributed by atoms with van der Waals surface area (Å²) < 4.78 is 5.27. The molecule has 2 aromatic carbocycles. The first kappa shape index (κ1) is 18.2. The number of esters is 1. The van der Waals surface area contributed by atoms with Gasteiger partial charge in [0.15, 0.2) is 0 Å². The van der Waals surface area contributed by atoms with Gasteiger partial charge in [0, 0.05) is 12.1 Å². The smallest absolute Gasteiger partial charge is 0.343 e. The number of ether oxygens (including phenoxy) is 1. The standard InChI is InChI=1S/C22H16N2O6/c25-20-18-12-4-5-13(10-12)19(18)21(26)23(20)16-3-1-2-14(11-16)22(27)30-17-8-6-15(7-9-17)24(28)29/h1-9,11-13,18-19H,10H2/t12-,13-,18-,19+/m0/s1. The third-order valence-corrected chi connectivity index (χ3v) is 6.07. The molecular weight excluding hydrogens is 388 g/mol. The van der Waals surface area contributed by atoms with E-state index >= 15 is 0 Å². The number of amides is 2. The number of fused-ring (bicyclic) bond motifs is 5. The number of nitro benzene ring substituents is 1. The summed E-state index contributed by atoms with van der Waals surface area (Å²) in [5, 5.41) is 10.7. The molecule has 4 atom stereocenters. The van der Waals surface area contributed by atoms with E-state index < -0.39 is 10.9 Å². The Bertz CT molecular complexity index is 1090. The Hall–Kier alpha value is -3.81. The molecule has 0 N–H and O–H groups in total. The van der Waals surface area contributed by atoms with Gasteiger partial charge in [-0.1, -0.05) is 18.2 Å². The molecule has 8 heteroatoms. The van der Waals surface area contributed by atoms with Crippen LogP contribution in [0.3, 0.4) is 0 Å². The largest absolute Gasteiger partial charge is 0.423 e. The van der Waals surface area contributed by atoms with Crippen molar-refractivity contribution in [3.05, 3.63) is 76.4 Å². The minimum atomic E-state index is -0.688. The fourth-order valence-electron chi connectivity index (χ4n) is 4.73. The van der Waals surface area contributed by atoms with Crippen molar-refractivity contribution in [2.75, 3.05) is 4.90 Å². The molecule has 30 heavy (non-hydrogen) atoms. The highest BCUT2D eigenvalue weighted by Crippen LogP contribution is 2.53. The predicted molar refractivity (Wildman–Crippen MR) is 105 cm³/mol. The minimum absolute atomic E-state index is 0.108. The molecule has 0 aromatic heterocycles. The summed E-state index contributed by atoms with van der Waals surface area (Å²) in [6.45, 7) is 0. The maximum absolute atomic E-state index is 12.9. The number of carbonyl (C=O) groups is 3. The Labute approximate surface area is 170 Å². The number of rotatable bonds is 4. The van der Waals surface area contributed by atoms with Gasteiger partial charge in [0.1, 0.15) is 5.75 Å². The summed E-state index contributed by atoms with van der Waals surface area (Å²) >= 11 is 0. The Kier molecular flexibility index (Phi) is 4.02. The van der Waals surface area contributed by atoms with E-state index in [0.717, 1.165) is 6.42 Å². The number of hydrogen-bond acceptors (Lipinski definition) is 6. The number of imide groups is 1. The van der Waals surface area contributed by atoms with Gasteiger partial charge in [-0.15, -0.1) is 0 Å². The van der Waals surface area contributed by atoms with Crippen LogP contribution in [0.5, 0.6) is 5.75 Å². The number of hydrogen-bond donors (Lipinski definition) is 0. The lowest BCUT2D eigenvalue weighted by molar-refractivity contribution is -0.384. The van der Waals surface area contributed by atoms with Gasteiger partial charge in [-0.2, -0.15) is 0 Å². The Morgan fingerprint density at radius 2 is 1.63 bits per heavy atom. The van der Waals surface area contributed by atoms with E-state index in [-0.39, 0.29) is 52.5 Å². The first-order valence-corrected chi connectivity index (χ1v) is 9.57. The van der Waals surface area contributed by atoms with Gasteiger partial charge in [0.25, 0.3) is 5.69 Å². The number of carbonyl (C=O) groups excluding carboxylic acids is 3. The molecule has 5 rings (SSSR count). The van der Waals surface area contributed by atoms with Crippen molar-refractivity contribution in [2.45, 2.75) is 6.42 Å². The molecular formula is C22H16N2O6. The number of anilines is 1. The van der Waals surface area contributed by atoms with Crippen molar-refractivity contribution in [3.8, 4) is 5.75 Å². The summed E-state index contributed by atoms with van der Waals surface area (Å²) in [5.41, 5.74) is 0.401. The predicted octanol–water partition coefficient (Wildman–Crippen LogP) is 3.13. The van der Waals surface area contributed by atoms with Crippen LogP contribution in [-0.4, -0.2) is 22.7 Å². The molecule has 2 aliphatic carbocycles. The van der Waals surface area contributed by atoms with Crippen molar-refractivity contribution in [1.82, 2.24) is 0 Å². The van der Waals surface area contributed by atoms with Crippen LogP contribution in [0.25, 0.3) is 0 Å². The van der Waals surface area contributed by atoms with Gasteiger partial charge >= 0.3 is 5.97 Å². The van der Waals surface area contributed by atoms with Gasteiger partial charge in [0.05, 0.1) is 28.0 Å². The second kappa shape index (κ2) is 6.62. The molecule has 1 saturated heterocycles. The van der Waals surface area contributed by atoms with Crippen LogP contribution in [0, 0.1) is 33.8 Å². The zero-order valence-electron chi connectivity index (χ0n) is 15.6. The van der Waals surface area contributed by atoms with E-state index in [4.69, 9.17) is 4.74 Å². The first-order valence-electron chi connectivity index (χ1n) is 9.57. The van der Waals surface area contributed by atoms with Gasteiger partial charge < -0.3 is 4.74 Å². The molecule has 150 valence electrons. The second-order valence-corrected chi connectivity index (χ2v) is 7.70. The van der Waals surface area contributed by atoms with Crippen molar-refractivity contribution in [1.29, 1.82) is 0 Å². The lowest BCUT2D eigenvalue weighted by Gasteiger charge is -2.18. The van der Waals surface area contributed by atoms with Crippen LogP contribution < -0.4 is 9.64 Å². The monoisotopic (exact) mass is 404 g/mol. The van der Waals surface area contributed by atoms with Gasteiger partial charge in [-0.3, -0.25) is 19.7 Å². The zero-order chi connectivity index (χ0) is 21.0. The quantitative estimate of drug-likeness (QED) is 0.194.